The highest BCUT2D eigenvalue weighted by molar-refractivity contribution is 6.03. The molecule has 0 aliphatic carbocycles. The molecule has 7 heteroatoms. The van der Waals surface area contributed by atoms with E-state index in [9.17, 15) is 9.59 Å². The van der Waals surface area contributed by atoms with E-state index in [2.05, 4.69) is 34.2 Å². The summed E-state index contributed by atoms with van der Waals surface area (Å²) >= 11 is 0. The minimum atomic E-state index is -0.578. The van der Waals surface area contributed by atoms with Crippen LogP contribution in [0.4, 0.5) is 0 Å². The van der Waals surface area contributed by atoms with Crippen LogP contribution in [0.3, 0.4) is 0 Å². The van der Waals surface area contributed by atoms with Gasteiger partial charge in [0.1, 0.15) is 22.5 Å². The Bertz CT molecular complexity index is 1020. The number of aromatic nitrogens is 2. The van der Waals surface area contributed by atoms with Crippen molar-refractivity contribution in [3.05, 3.63) is 62.9 Å². The molecule has 0 aliphatic heterocycles. The van der Waals surface area contributed by atoms with E-state index in [4.69, 9.17) is 9.15 Å². The lowest BCUT2D eigenvalue weighted by atomic mass is 10.1. The fraction of sp³-hybridized carbons (Fsp3) is 0.350. The summed E-state index contributed by atoms with van der Waals surface area (Å²) in [5, 5.41) is 0.135. The molecule has 1 N–H and O–H groups in total. The van der Waals surface area contributed by atoms with Crippen LogP contribution in [0.2, 0.25) is 0 Å². The molecule has 0 bridgehead atoms. The Morgan fingerprint density at radius 2 is 1.93 bits per heavy atom. The zero-order chi connectivity index (χ0) is 19.6. The Labute approximate surface area is 157 Å². The molecule has 0 fully saturated rings. The summed E-state index contributed by atoms with van der Waals surface area (Å²) in [6.07, 6.45) is 0. The molecule has 3 rings (SSSR count). The SMILES string of the molecule is CCOC(=O)c1c(C)oc2nc(CN(C)Cc3ccc(C)cc3)[nH]c(=O)c12. The fourth-order valence-electron chi connectivity index (χ4n) is 3.00. The summed E-state index contributed by atoms with van der Waals surface area (Å²) in [6.45, 7) is 6.75. The smallest absolute Gasteiger partial charge is 0.342 e. The number of fused-ring (bicyclic) bond motifs is 1. The van der Waals surface area contributed by atoms with E-state index < -0.39 is 11.5 Å². The van der Waals surface area contributed by atoms with Crippen LogP contribution in [-0.4, -0.2) is 34.5 Å². The number of carbonyl (C=O) groups excluding carboxylic acids is 1. The van der Waals surface area contributed by atoms with E-state index in [0.717, 1.165) is 0 Å². The largest absolute Gasteiger partial charge is 0.462 e. The number of carbonyl (C=O) groups is 1. The second-order valence-electron chi connectivity index (χ2n) is 6.60. The molecule has 27 heavy (non-hydrogen) atoms. The third-order valence-corrected chi connectivity index (χ3v) is 4.26. The molecule has 0 amide bonds. The molecule has 2 aromatic heterocycles. The van der Waals surface area contributed by atoms with Crippen LogP contribution in [0.15, 0.2) is 33.5 Å². The van der Waals surface area contributed by atoms with Crippen molar-refractivity contribution >= 4 is 17.1 Å². The van der Waals surface area contributed by atoms with Gasteiger partial charge in [-0.25, -0.2) is 4.79 Å². The van der Waals surface area contributed by atoms with Crippen LogP contribution < -0.4 is 5.56 Å². The minimum absolute atomic E-state index is 0.135. The standard InChI is InChI=1S/C20H23N3O4/c1-5-26-20(25)16-13(3)27-19-17(16)18(24)21-15(22-19)11-23(4)10-14-8-6-12(2)7-9-14/h6-9H,5,10-11H2,1-4H3,(H,21,22,24). The minimum Gasteiger partial charge on any atom is -0.462 e. The fourth-order valence-corrected chi connectivity index (χ4v) is 3.00. The van der Waals surface area contributed by atoms with Crippen molar-refractivity contribution in [1.29, 1.82) is 0 Å². The normalized spacial score (nSPS) is 11.3. The predicted octanol–water partition coefficient (Wildman–Crippen LogP) is 2.94. The van der Waals surface area contributed by atoms with Gasteiger partial charge in [0, 0.05) is 6.54 Å². The highest BCUT2D eigenvalue weighted by Crippen LogP contribution is 2.22. The van der Waals surface area contributed by atoms with Crippen molar-refractivity contribution in [2.24, 2.45) is 0 Å². The van der Waals surface area contributed by atoms with Crippen LogP contribution in [0.25, 0.3) is 11.1 Å². The number of esters is 1. The van der Waals surface area contributed by atoms with Crippen LogP contribution in [0.1, 0.15) is 40.0 Å². The Morgan fingerprint density at radius 3 is 2.59 bits per heavy atom. The molecule has 0 unspecified atom stereocenters. The van der Waals surface area contributed by atoms with Gasteiger partial charge in [-0.1, -0.05) is 29.8 Å². The third kappa shape index (κ3) is 4.09. The molecule has 0 spiro atoms. The second-order valence-corrected chi connectivity index (χ2v) is 6.60. The van der Waals surface area contributed by atoms with Gasteiger partial charge in [-0.2, -0.15) is 4.98 Å². The van der Waals surface area contributed by atoms with Crippen molar-refractivity contribution in [1.82, 2.24) is 14.9 Å². The average molecular weight is 369 g/mol. The molecule has 0 atom stereocenters. The molecule has 0 saturated heterocycles. The van der Waals surface area contributed by atoms with E-state index in [1.807, 2.05) is 18.9 Å². The number of benzene rings is 1. The van der Waals surface area contributed by atoms with E-state index in [0.29, 0.717) is 24.7 Å². The Morgan fingerprint density at radius 1 is 1.22 bits per heavy atom. The molecule has 0 aliphatic rings. The first-order valence-electron chi connectivity index (χ1n) is 8.82. The second kappa shape index (κ2) is 7.75. The van der Waals surface area contributed by atoms with Gasteiger partial charge in [0.05, 0.1) is 13.2 Å². The molecule has 0 saturated carbocycles. The highest BCUT2D eigenvalue weighted by Gasteiger charge is 2.23. The maximum atomic E-state index is 12.5. The van der Waals surface area contributed by atoms with Crippen LogP contribution in [0, 0.1) is 13.8 Å². The number of aromatic amines is 1. The molecule has 1 aromatic carbocycles. The number of nitrogens with one attached hydrogen (secondary N) is 1. The zero-order valence-electron chi connectivity index (χ0n) is 16.0. The van der Waals surface area contributed by atoms with Gasteiger partial charge < -0.3 is 14.1 Å². The molecule has 142 valence electrons. The summed E-state index contributed by atoms with van der Waals surface area (Å²) in [5.41, 5.74) is 2.27. The van der Waals surface area contributed by atoms with Crippen molar-refractivity contribution in [3.63, 3.8) is 0 Å². The van der Waals surface area contributed by atoms with Gasteiger partial charge in [-0.15, -0.1) is 0 Å². The summed E-state index contributed by atoms with van der Waals surface area (Å²) in [6, 6.07) is 8.29. The van der Waals surface area contributed by atoms with Gasteiger partial charge in [0.15, 0.2) is 0 Å². The predicted molar refractivity (Wildman–Crippen MR) is 102 cm³/mol. The lowest BCUT2D eigenvalue weighted by molar-refractivity contribution is 0.0526. The van der Waals surface area contributed by atoms with Crippen LogP contribution >= 0.6 is 0 Å². The number of hydrogen-bond donors (Lipinski definition) is 1. The van der Waals surface area contributed by atoms with Crippen LogP contribution in [0.5, 0.6) is 0 Å². The molecular formula is C20H23N3O4. The summed E-state index contributed by atoms with van der Waals surface area (Å²) < 4.78 is 10.6. The molecule has 2 heterocycles. The Balaban J connectivity index is 1.85. The highest BCUT2D eigenvalue weighted by atomic mass is 16.5. The molecule has 7 nitrogen and oxygen atoms in total. The first kappa shape index (κ1) is 18.8. The number of nitrogens with zero attached hydrogens (tertiary/aromatic N) is 2. The number of ether oxygens (including phenoxy) is 1. The van der Waals surface area contributed by atoms with Crippen molar-refractivity contribution in [3.8, 4) is 0 Å². The molecule has 0 radical (unpaired) electrons. The summed E-state index contributed by atoms with van der Waals surface area (Å²) in [7, 11) is 1.95. The average Bonchev–Trinajstić information content (AvgIpc) is 2.93. The van der Waals surface area contributed by atoms with Crippen molar-refractivity contribution in [2.75, 3.05) is 13.7 Å². The van der Waals surface area contributed by atoms with Crippen LogP contribution in [-0.2, 0) is 17.8 Å². The first-order chi connectivity index (χ1) is 12.9. The van der Waals surface area contributed by atoms with Crippen molar-refractivity contribution in [2.45, 2.75) is 33.9 Å². The summed E-state index contributed by atoms with van der Waals surface area (Å²) in [5.74, 6) is 0.225. The Kier molecular flexibility index (Phi) is 5.41. The lowest BCUT2D eigenvalue weighted by Gasteiger charge is -2.16. The number of rotatable bonds is 6. The number of aryl methyl sites for hydroxylation is 2. The van der Waals surface area contributed by atoms with Crippen molar-refractivity contribution < 1.29 is 13.9 Å². The Hall–Kier alpha value is -2.93. The monoisotopic (exact) mass is 369 g/mol. The van der Waals surface area contributed by atoms with Gasteiger partial charge >= 0.3 is 5.97 Å². The maximum Gasteiger partial charge on any atom is 0.342 e. The number of hydrogen-bond acceptors (Lipinski definition) is 6. The number of H-pyrrole nitrogens is 1. The third-order valence-electron chi connectivity index (χ3n) is 4.26. The molecule has 3 aromatic rings. The first-order valence-corrected chi connectivity index (χ1v) is 8.82. The van der Waals surface area contributed by atoms with Gasteiger partial charge in [-0.3, -0.25) is 9.69 Å². The maximum absolute atomic E-state index is 12.5. The number of furan rings is 1. The molecular weight excluding hydrogens is 346 g/mol. The van der Waals surface area contributed by atoms with E-state index in [1.165, 1.54) is 11.1 Å². The van der Waals surface area contributed by atoms with E-state index >= 15 is 0 Å². The van der Waals surface area contributed by atoms with Gasteiger partial charge in [0.2, 0.25) is 5.71 Å². The van der Waals surface area contributed by atoms with Gasteiger partial charge in [-0.05, 0) is 33.4 Å². The zero-order valence-corrected chi connectivity index (χ0v) is 16.0. The quantitative estimate of drug-likeness (QED) is 0.672. The van der Waals surface area contributed by atoms with E-state index in [-0.39, 0.29) is 23.3 Å². The lowest BCUT2D eigenvalue weighted by Crippen LogP contribution is -2.22. The topological polar surface area (TPSA) is 88.4 Å². The van der Waals surface area contributed by atoms with Gasteiger partial charge in [0.25, 0.3) is 5.56 Å². The van der Waals surface area contributed by atoms with E-state index in [1.54, 1.807) is 13.8 Å². The summed E-state index contributed by atoms with van der Waals surface area (Å²) in [4.78, 5) is 33.8.